The zero-order valence-corrected chi connectivity index (χ0v) is 23.8. The van der Waals surface area contributed by atoms with E-state index in [-0.39, 0.29) is 5.41 Å². The Morgan fingerprint density at radius 2 is 1.00 bits per heavy atom. The second kappa shape index (κ2) is 12.2. The highest BCUT2D eigenvalue weighted by Gasteiger charge is 2.42. The van der Waals surface area contributed by atoms with Crippen molar-refractivity contribution in [1.29, 1.82) is 0 Å². The Morgan fingerprint density at radius 1 is 0.529 bits per heavy atom. The van der Waals surface area contributed by atoms with Crippen molar-refractivity contribution in [2.45, 2.75) is 26.2 Å². The van der Waals surface area contributed by atoms with Gasteiger partial charge in [-0.05, 0) is 21.8 Å². The monoisotopic (exact) mass is 502 g/mol. The summed E-state index contributed by atoms with van der Waals surface area (Å²) in [7, 11) is 4.31. The van der Waals surface area contributed by atoms with E-state index >= 15 is 0 Å². The van der Waals surface area contributed by atoms with Crippen LogP contribution in [-0.4, -0.2) is 60.3 Å². The fourth-order valence-electron chi connectivity index (χ4n) is 3.85. The van der Waals surface area contributed by atoms with E-state index in [0.717, 1.165) is 21.1 Å². The Hall–Kier alpha value is -1.89. The number of hydrogen-bond donors (Lipinski definition) is 0. The van der Waals surface area contributed by atoms with Crippen LogP contribution in [0, 0.1) is 0 Å². The standard InChI is InChI=1S/C13H16O3Si.C13H22O3Si/c1-14-17(15-2,16-3)13-10-6-8-11-7-4-5-9-12(11)13;1-13(2,3)11-7-9-12(10-8-11)17(14-4,15-5)16-6/h4-10H,1-3H3;7-10H,1-6H3. The molecular weight excluding hydrogens is 464 g/mol. The van der Waals surface area contributed by atoms with E-state index in [1.807, 2.05) is 36.4 Å². The second-order valence-corrected chi connectivity index (χ2v) is 14.5. The van der Waals surface area contributed by atoms with Gasteiger partial charge in [-0.15, -0.1) is 0 Å². The van der Waals surface area contributed by atoms with Gasteiger partial charge in [-0.1, -0.05) is 87.5 Å². The summed E-state index contributed by atoms with van der Waals surface area (Å²) in [6.45, 7) is 6.57. The minimum Gasteiger partial charge on any atom is -0.373 e. The van der Waals surface area contributed by atoms with Gasteiger partial charge in [-0.3, -0.25) is 0 Å². The molecule has 0 aliphatic rings. The van der Waals surface area contributed by atoms with Crippen LogP contribution in [0.3, 0.4) is 0 Å². The molecule has 3 aromatic carbocycles. The first-order valence-electron chi connectivity index (χ1n) is 11.1. The van der Waals surface area contributed by atoms with Gasteiger partial charge in [-0.25, -0.2) is 0 Å². The third-order valence-corrected chi connectivity index (χ3v) is 11.2. The minimum atomic E-state index is -2.76. The van der Waals surface area contributed by atoms with Gasteiger partial charge >= 0.3 is 17.6 Å². The molecule has 8 heteroatoms. The van der Waals surface area contributed by atoms with Gasteiger partial charge in [0.25, 0.3) is 0 Å². The Morgan fingerprint density at radius 3 is 1.47 bits per heavy atom. The van der Waals surface area contributed by atoms with Gasteiger partial charge in [0.2, 0.25) is 0 Å². The highest BCUT2D eigenvalue weighted by atomic mass is 28.4. The highest BCUT2D eigenvalue weighted by molar-refractivity contribution is 6.77. The van der Waals surface area contributed by atoms with Crippen LogP contribution in [0.25, 0.3) is 10.8 Å². The van der Waals surface area contributed by atoms with Crippen LogP contribution < -0.4 is 10.4 Å². The first-order chi connectivity index (χ1) is 16.2. The zero-order chi connectivity index (χ0) is 25.4. The molecule has 0 saturated heterocycles. The zero-order valence-electron chi connectivity index (χ0n) is 21.8. The van der Waals surface area contributed by atoms with Gasteiger partial charge in [0.15, 0.2) is 0 Å². The molecule has 0 N–H and O–H groups in total. The third kappa shape index (κ3) is 6.02. The summed E-state index contributed by atoms with van der Waals surface area (Å²) >= 11 is 0. The van der Waals surface area contributed by atoms with Crippen LogP contribution in [-0.2, 0) is 32.0 Å². The van der Waals surface area contributed by atoms with E-state index < -0.39 is 17.6 Å². The average Bonchev–Trinajstić information content (AvgIpc) is 2.87. The summed E-state index contributed by atoms with van der Waals surface area (Å²) in [5.41, 5.74) is 1.43. The lowest BCUT2D eigenvalue weighted by Gasteiger charge is -2.26. The largest absolute Gasteiger partial charge is 0.537 e. The van der Waals surface area contributed by atoms with Crippen LogP contribution in [0.2, 0.25) is 0 Å². The topological polar surface area (TPSA) is 55.4 Å². The number of rotatable bonds is 8. The maximum absolute atomic E-state index is 5.52. The van der Waals surface area contributed by atoms with E-state index in [1.165, 1.54) is 5.56 Å². The van der Waals surface area contributed by atoms with Crippen LogP contribution in [0.4, 0.5) is 0 Å². The molecule has 3 aromatic rings. The maximum atomic E-state index is 5.52. The number of fused-ring (bicyclic) bond motifs is 1. The van der Waals surface area contributed by atoms with Gasteiger partial charge in [0.1, 0.15) is 0 Å². The Kier molecular flexibility index (Phi) is 10.2. The minimum absolute atomic E-state index is 0.149. The normalized spacial score (nSPS) is 12.4. The van der Waals surface area contributed by atoms with Crippen molar-refractivity contribution >= 4 is 38.8 Å². The highest BCUT2D eigenvalue weighted by Crippen LogP contribution is 2.21. The van der Waals surface area contributed by atoms with Gasteiger partial charge in [-0.2, -0.15) is 0 Å². The summed E-state index contributed by atoms with van der Waals surface area (Å²) in [5.74, 6) is 0. The van der Waals surface area contributed by atoms with Crippen molar-refractivity contribution in [3.05, 3.63) is 72.3 Å². The molecule has 0 fully saturated rings. The second-order valence-electron chi connectivity index (χ2n) is 8.69. The van der Waals surface area contributed by atoms with Crippen LogP contribution in [0.1, 0.15) is 26.3 Å². The molecule has 6 nitrogen and oxygen atoms in total. The van der Waals surface area contributed by atoms with E-state index in [9.17, 15) is 0 Å². The van der Waals surface area contributed by atoms with Gasteiger partial charge < -0.3 is 26.6 Å². The molecule has 0 saturated carbocycles. The predicted octanol–water partition coefficient (Wildman–Crippen LogP) is 3.99. The van der Waals surface area contributed by atoms with Gasteiger partial charge in [0, 0.05) is 53.0 Å². The van der Waals surface area contributed by atoms with Crippen molar-refractivity contribution in [2.24, 2.45) is 0 Å². The molecule has 0 spiro atoms. The number of hydrogen-bond acceptors (Lipinski definition) is 6. The molecular formula is C26H38O6Si2. The molecule has 0 radical (unpaired) electrons. The summed E-state index contributed by atoms with van der Waals surface area (Å²) in [6, 6.07) is 22.5. The molecule has 0 aliphatic heterocycles. The Bertz CT molecular complexity index is 1000. The smallest absolute Gasteiger partial charge is 0.373 e. The lowest BCUT2D eigenvalue weighted by Crippen LogP contribution is -2.54. The first-order valence-corrected chi connectivity index (χ1v) is 14.5. The lowest BCUT2D eigenvalue weighted by atomic mass is 9.87. The molecule has 3 rings (SSSR count). The molecule has 0 aromatic heterocycles. The van der Waals surface area contributed by atoms with E-state index in [1.54, 1.807) is 42.7 Å². The predicted molar refractivity (Wildman–Crippen MR) is 142 cm³/mol. The fourth-order valence-corrected chi connectivity index (χ4v) is 7.65. The average molecular weight is 503 g/mol. The molecule has 0 bridgehead atoms. The van der Waals surface area contributed by atoms with E-state index in [0.29, 0.717) is 0 Å². The van der Waals surface area contributed by atoms with Crippen molar-refractivity contribution in [3.63, 3.8) is 0 Å². The van der Waals surface area contributed by atoms with Crippen LogP contribution >= 0.6 is 0 Å². The van der Waals surface area contributed by atoms with Crippen molar-refractivity contribution < 1.29 is 26.6 Å². The molecule has 0 unspecified atom stereocenters. The van der Waals surface area contributed by atoms with Gasteiger partial charge in [0.05, 0.1) is 0 Å². The Balaban J connectivity index is 0.000000240. The van der Waals surface area contributed by atoms with Crippen LogP contribution in [0.15, 0.2) is 66.7 Å². The summed E-state index contributed by atoms with van der Waals surface area (Å²) < 4.78 is 32.9. The number of benzene rings is 3. The maximum Gasteiger partial charge on any atom is 0.537 e. The lowest BCUT2D eigenvalue weighted by molar-refractivity contribution is 0.140. The van der Waals surface area contributed by atoms with Crippen molar-refractivity contribution in [2.75, 3.05) is 42.7 Å². The summed E-state index contributed by atoms with van der Waals surface area (Å²) in [6.07, 6.45) is 0. The molecule has 186 valence electrons. The molecule has 0 atom stereocenters. The fraction of sp³-hybridized carbons (Fsp3) is 0.385. The SMILES string of the molecule is CO[Si](OC)(OC)c1ccc(C(C)(C)C)cc1.CO[Si](OC)(OC)c1cccc2ccccc12. The van der Waals surface area contributed by atoms with E-state index in [2.05, 4.69) is 51.1 Å². The molecule has 0 aliphatic carbocycles. The van der Waals surface area contributed by atoms with Crippen molar-refractivity contribution in [3.8, 4) is 0 Å². The molecule has 0 heterocycles. The van der Waals surface area contributed by atoms with E-state index in [4.69, 9.17) is 26.6 Å². The third-order valence-electron chi connectivity index (χ3n) is 5.84. The Labute approximate surface area is 206 Å². The molecule has 0 amide bonds. The first kappa shape index (κ1) is 28.4. The van der Waals surface area contributed by atoms with Crippen LogP contribution in [0.5, 0.6) is 0 Å². The quantitative estimate of drug-likeness (QED) is 0.434. The summed E-state index contributed by atoms with van der Waals surface area (Å²) in [5, 5.41) is 4.27. The van der Waals surface area contributed by atoms with Crippen molar-refractivity contribution in [1.82, 2.24) is 0 Å². The molecule has 34 heavy (non-hydrogen) atoms. The summed E-state index contributed by atoms with van der Waals surface area (Å²) in [4.78, 5) is 0.